The normalized spacial score (nSPS) is 18.1. The average Bonchev–Trinajstić information content (AvgIpc) is 3.64. The minimum Gasteiger partial charge on any atom is -0.496 e. The van der Waals surface area contributed by atoms with Gasteiger partial charge in [-0.1, -0.05) is 54.1 Å². The minimum atomic E-state index is -4.64. The molecular weight excluding hydrogens is 783 g/mol. The Hall–Kier alpha value is -5.11. The fourth-order valence-electron chi connectivity index (χ4n) is 8.36. The van der Waals surface area contributed by atoms with Crippen LogP contribution in [0.25, 0.3) is 22.3 Å². The number of methoxy groups -OCH3 is 2. The number of rotatable bonds is 17. The topological polar surface area (TPSA) is 136 Å². The van der Waals surface area contributed by atoms with E-state index in [-0.39, 0.29) is 49.0 Å². The summed E-state index contributed by atoms with van der Waals surface area (Å²) >= 11 is 7.12. The van der Waals surface area contributed by atoms with Crippen LogP contribution in [0, 0.1) is 11.3 Å². The lowest BCUT2D eigenvalue weighted by atomic mass is 9.83. The number of ether oxygens (including phenoxy) is 2. The van der Waals surface area contributed by atoms with Crippen molar-refractivity contribution >= 4 is 35.4 Å². The predicted molar refractivity (Wildman–Crippen MR) is 224 cm³/mol. The molecule has 1 aliphatic carbocycles. The fraction of sp³-hybridized carbons (Fsp3) is 0.400. The summed E-state index contributed by atoms with van der Waals surface area (Å²) < 4.78 is 55.4. The largest absolute Gasteiger partial charge is 0.496 e. The van der Waals surface area contributed by atoms with Gasteiger partial charge < -0.3 is 35.9 Å². The van der Waals surface area contributed by atoms with Crippen molar-refractivity contribution in [2.75, 3.05) is 33.1 Å². The highest BCUT2D eigenvalue weighted by Crippen LogP contribution is 2.41. The third-order valence-corrected chi connectivity index (χ3v) is 11.9. The van der Waals surface area contributed by atoms with Crippen LogP contribution in [0.5, 0.6) is 11.5 Å². The number of amides is 1. The molecule has 1 unspecified atom stereocenters. The van der Waals surface area contributed by atoms with E-state index in [0.717, 1.165) is 54.9 Å². The van der Waals surface area contributed by atoms with Crippen LogP contribution >= 0.6 is 11.6 Å². The zero-order chi connectivity index (χ0) is 42.3. The smallest absolute Gasteiger partial charge is 0.416 e. The summed E-state index contributed by atoms with van der Waals surface area (Å²) in [5.41, 5.74) is 4.33. The third kappa shape index (κ3) is 10.6. The van der Waals surface area contributed by atoms with Gasteiger partial charge in [-0.05, 0) is 86.0 Å². The number of carbonyl (C=O) groups is 2. The Morgan fingerprint density at radius 3 is 2.29 bits per heavy atom. The van der Waals surface area contributed by atoms with Crippen molar-refractivity contribution in [1.82, 2.24) is 15.5 Å². The van der Waals surface area contributed by atoms with Crippen molar-refractivity contribution < 1.29 is 37.3 Å². The monoisotopic (exact) mass is 833 g/mol. The van der Waals surface area contributed by atoms with Gasteiger partial charge in [0.1, 0.15) is 11.5 Å². The van der Waals surface area contributed by atoms with Gasteiger partial charge in [0.15, 0.2) is 0 Å². The number of anilines is 1. The summed E-state index contributed by atoms with van der Waals surface area (Å²) in [4.78, 5) is 24.8. The molecule has 0 radical (unpaired) electrons. The number of nitrogens with zero attached hydrogens (tertiary/aromatic N) is 1. The first-order valence-electron chi connectivity index (χ1n) is 19.8. The van der Waals surface area contributed by atoms with Crippen LogP contribution in [0.15, 0.2) is 66.7 Å². The molecule has 1 atom stereocenters. The van der Waals surface area contributed by atoms with Crippen LogP contribution in [-0.4, -0.2) is 68.0 Å². The standard InChI is InChI=1S/C45H51ClF3N5O5/c1-54(33-15-10-27(11-16-33)18-43(56)57)26-31-19-38(45(47,48)49)30(21-41(31)59-3)24-52-39-9-5-7-35(37(39)22-50)36-8-4-6-34(44(36)46)28-12-13-29(40(20-28)58-2)23-51-25-32-14-17-42(55)53-32/h4-9,12-13,19-22,27,32-33,50-52H,10-11,14-18,23-26H2,1-3H3,(H,53,55)(H,56,57). The number of benzene rings is 4. The molecule has 2 aliphatic rings. The maximum atomic E-state index is 14.7. The highest BCUT2D eigenvalue weighted by Gasteiger charge is 2.35. The molecule has 2 fully saturated rings. The van der Waals surface area contributed by atoms with Crippen LogP contribution in [0.4, 0.5) is 18.9 Å². The van der Waals surface area contributed by atoms with E-state index >= 15 is 0 Å². The van der Waals surface area contributed by atoms with Crippen LogP contribution in [-0.2, 0) is 35.4 Å². The Morgan fingerprint density at radius 2 is 1.63 bits per heavy atom. The van der Waals surface area contributed by atoms with Gasteiger partial charge in [-0.15, -0.1) is 0 Å². The lowest BCUT2D eigenvalue weighted by Crippen LogP contribution is -2.35. The van der Waals surface area contributed by atoms with Gasteiger partial charge in [0.2, 0.25) is 5.91 Å². The van der Waals surface area contributed by atoms with E-state index in [2.05, 4.69) is 16.0 Å². The molecule has 314 valence electrons. The van der Waals surface area contributed by atoms with Gasteiger partial charge in [0, 0.05) is 90.8 Å². The summed E-state index contributed by atoms with van der Waals surface area (Å²) in [6.07, 6.45) is 1.09. The van der Waals surface area contributed by atoms with Crippen molar-refractivity contribution in [2.45, 2.75) is 82.8 Å². The molecular formula is C45H51ClF3N5O5. The molecule has 6 rings (SSSR count). The van der Waals surface area contributed by atoms with E-state index in [1.807, 2.05) is 54.4 Å². The molecule has 59 heavy (non-hydrogen) atoms. The van der Waals surface area contributed by atoms with E-state index in [4.69, 9.17) is 31.6 Å². The lowest BCUT2D eigenvalue weighted by Gasteiger charge is -2.34. The van der Waals surface area contributed by atoms with Crippen molar-refractivity contribution in [1.29, 1.82) is 5.41 Å². The van der Waals surface area contributed by atoms with E-state index in [9.17, 15) is 22.8 Å². The SMILES string of the molecule is COc1cc(-c2cccc(-c3cccc(NCc4cc(OC)c(CN(C)C5CCC(CC(=O)O)CC5)cc4C(F)(F)F)c3C=N)c2Cl)ccc1CNCC1CCC(=O)N1. The molecule has 0 aromatic heterocycles. The van der Waals surface area contributed by atoms with E-state index in [1.165, 1.54) is 19.4 Å². The zero-order valence-corrected chi connectivity index (χ0v) is 34.2. The second kappa shape index (κ2) is 19.3. The average molecular weight is 834 g/mol. The van der Waals surface area contributed by atoms with Gasteiger partial charge >= 0.3 is 12.1 Å². The van der Waals surface area contributed by atoms with Gasteiger partial charge in [-0.3, -0.25) is 14.5 Å². The molecule has 1 heterocycles. The number of hydrogen-bond acceptors (Lipinski definition) is 8. The number of halogens is 4. The van der Waals surface area contributed by atoms with Gasteiger partial charge in [-0.25, -0.2) is 0 Å². The zero-order valence-electron chi connectivity index (χ0n) is 33.5. The van der Waals surface area contributed by atoms with Crippen molar-refractivity contribution in [3.63, 3.8) is 0 Å². The first-order chi connectivity index (χ1) is 28.3. The summed E-state index contributed by atoms with van der Waals surface area (Å²) in [5, 5.41) is 27.5. The van der Waals surface area contributed by atoms with Gasteiger partial charge in [-0.2, -0.15) is 13.2 Å². The number of aliphatic carboxylic acids is 1. The van der Waals surface area contributed by atoms with Crippen molar-refractivity contribution in [2.24, 2.45) is 5.92 Å². The number of alkyl halides is 3. The molecule has 4 aromatic rings. The second-order valence-electron chi connectivity index (χ2n) is 15.4. The molecule has 10 nitrogen and oxygen atoms in total. The molecule has 0 bridgehead atoms. The van der Waals surface area contributed by atoms with E-state index in [1.54, 1.807) is 19.2 Å². The quantitative estimate of drug-likeness (QED) is 0.0665. The molecule has 1 saturated heterocycles. The molecule has 14 heteroatoms. The summed E-state index contributed by atoms with van der Waals surface area (Å²) in [5.74, 6) is 0.391. The highest BCUT2D eigenvalue weighted by molar-refractivity contribution is 6.36. The summed E-state index contributed by atoms with van der Waals surface area (Å²) in [6.45, 7) is 1.25. The minimum absolute atomic E-state index is 0.00538. The Bertz CT molecular complexity index is 2160. The number of carboxylic acids is 1. The fourth-order valence-corrected chi connectivity index (χ4v) is 8.69. The number of carboxylic acid groups (broad SMARTS) is 1. The number of hydrogen-bond donors (Lipinski definition) is 5. The number of nitrogens with one attached hydrogen (secondary N) is 4. The molecule has 1 saturated carbocycles. The number of carbonyl (C=O) groups excluding carboxylic acids is 1. The van der Waals surface area contributed by atoms with Crippen molar-refractivity contribution in [3.8, 4) is 33.8 Å². The molecule has 1 aliphatic heterocycles. The second-order valence-corrected chi connectivity index (χ2v) is 15.8. The Morgan fingerprint density at radius 1 is 0.932 bits per heavy atom. The van der Waals surface area contributed by atoms with Crippen molar-refractivity contribution in [3.05, 3.63) is 99.6 Å². The Kier molecular flexibility index (Phi) is 14.2. The Balaban J connectivity index is 1.20. The molecule has 5 N–H and O–H groups in total. The maximum absolute atomic E-state index is 14.7. The van der Waals surface area contributed by atoms with E-state index < -0.39 is 17.7 Å². The predicted octanol–water partition coefficient (Wildman–Crippen LogP) is 9.15. The molecule has 1 amide bonds. The first-order valence-corrected chi connectivity index (χ1v) is 20.2. The van der Waals surface area contributed by atoms with Crippen LogP contribution in [0.3, 0.4) is 0 Å². The van der Waals surface area contributed by atoms with E-state index in [0.29, 0.717) is 64.0 Å². The third-order valence-electron chi connectivity index (χ3n) is 11.5. The van der Waals surface area contributed by atoms with Crippen LogP contribution in [0.2, 0.25) is 5.02 Å². The summed E-state index contributed by atoms with van der Waals surface area (Å²) in [6, 6.07) is 19.6. The van der Waals surface area contributed by atoms with Gasteiger partial charge in [0.25, 0.3) is 0 Å². The highest BCUT2D eigenvalue weighted by atomic mass is 35.5. The Labute approximate surface area is 347 Å². The maximum Gasteiger partial charge on any atom is 0.416 e. The van der Waals surface area contributed by atoms with Gasteiger partial charge in [0.05, 0.1) is 24.8 Å². The lowest BCUT2D eigenvalue weighted by molar-refractivity contribution is -0.139. The molecule has 4 aromatic carbocycles. The van der Waals surface area contributed by atoms with Crippen LogP contribution < -0.4 is 25.4 Å². The van der Waals surface area contributed by atoms with Crippen LogP contribution in [0.1, 0.15) is 72.8 Å². The first kappa shape index (κ1) is 43.5. The molecule has 0 spiro atoms. The summed E-state index contributed by atoms with van der Waals surface area (Å²) in [7, 11) is 4.93.